The minimum absolute atomic E-state index is 0.0197. The van der Waals surface area contributed by atoms with Crippen LogP contribution in [0.3, 0.4) is 0 Å². The highest BCUT2D eigenvalue weighted by atomic mass is 16.3. The number of aryl methyl sites for hydroxylation is 2. The highest BCUT2D eigenvalue weighted by molar-refractivity contribution is 5.85. The van der Waals surface area contributed by atoms with E-state index in [2.05, 4.69) is 20.2 Å². The first-order chi connectivity index (χ1) is 13.5. The van der Waals surface area contributed by atoms with Crippen LogP contribution in [0.2, 0.25) is 0 Å². The van der Waals surface area contributed by atoms with Crippen molar-refractivity contribution < 1.29 is 9.21 Å². The Morgan fingerprint density at radius 2 is 1.93 bits per heavy atom. The van der Waals surface area contributed by atoms with Gasteiger partial charge < -0.3 is 14.6 Å². The van der Waals surface area contributed by atoms with Crippen molar-refractivity contribution in [1.29, 1.82) is 0 Å². The third-order valence-electron chi connectivity index (χ3n) is 5.38. The molecule has 0 radical (unpaired) electrons. The maximum absolute atomic E-state index is 12.7. The lowest BCUT2D eigenvalue weighted by atomic mass is 10.0. The van der Waals surface area contributed by atoms with E-state index in [9.17, 15) is 4.79 Å². The van der Waals surface area contributed by atoms with E-state index >= 15 is 0 Å². The number of amides is 1. The fraction of sp³-hybridized carbons (Fsp3) is 0.409. The summed E-state index contributed by atoms with van der Waals surface area (Å²) < 4.78 is 5.85. The molecule has 1 saturated heterocycles. The van der Waals surface area contributed by atoms with Crippen molar-refractivity contribution in [2.24, 2.45) is 0 Å². The highest BCUT2D eigenvalue weighted by Crippen LogP contribution is 2.26. The molecule has 1 atom stereocenters. The Hall–Kier alpha value is -2.89. The lowest BCUT2D eigenvalue weighted by molar-refractivity contribution is -0.123. The number of fused-ring (bicyclic) bond motifs is 1. The first kappa shape index (κ1) is 18.5. The molecule has 4 rings (SSSR count). The summed E-state index contributed by atoms with van der Waals surface area (Å²) in [4.78, 5) is 23.9. The van der Waals surface area contributed by atoms with Gasteiger partial charge in [0.1, 0.15) is 23.0 Å². The second-order valence-corrected chi connectivity index (χ2v) is 7.59. The fourth-order valence-corrected chi connectivity index (χ4v) is 3.78. The quantitative estimate of drug-likeness (QED) is 0.749. The molecular formula is C22H26N4O2. The van der Waals surface area contributed by atoms with Crippen LogP contribution in [-0.4, -0.2) is 35.0 Å². The first-order valence-corrected chi connectivity index (χ1v) is 9.85. The fourth-order valence-electron chi connectivity index (χ4n) is 3.78. The number of rotatable bonds is 4. The molecule has 0 bridgehead atoms. The Morgan fingerprint density at radius 1 is 1.18 bits per heavy atom. The van der Waals surface area contributed by atoms with E-state index in [-0.39, 0.29) is 17.9 Å². The number of nitrogens with zero attached hydrogens (tertiary/aromatic N) is 3. The highest BCUT2D eigenvalue weighted by Gasteiger charge is 2.25. The monoisotopic (exact) mass is 378 g/mol. The van der Waals surface area contributed by atoms with Gasteiger partial charge in [0.2, 0.25) is 5.91 Å². The second kappa shape index (κ2) is 7.62. The van der Waals surface area contributed by atoms with Crippen LogP contribution >= 0.6 is 0 Å². The van der Waals surface area contributed by atoms with Gasteiger partial charge in [-0.3, -0.25) is 4.79 Å². The van der Waals surface area contributed by atoms with Crippen LogP contribution in [0.25, 0.3) is 11.0 Å². The summed E-state index contributed by atoms with van der Waals surface area (Å²) in [7, 11) is 0. The van der Waals surface area contributed by atoms with Crippen LogP contribution < -0.4 is 10.2 Å². The predicted octanol–water partition coefficient (Wildman–Crippen LogP) is 3.73. The molecule has 1 N–H and O–H groups in total. The van der Waals surface area contributed by atoms with Gasteiger partial charge in [-0.05, 0) is 45.7 Å². The van der Waals surface area contributed by atoms with Crippen LogP contribution in [0, 0.1) is 13.8 Å². The van der Waals surface area contributed by atoms with Gasteiger partial charge >= 0.3 is 0 Å². The maximum atomic E-state index is 12.7. The van der Waals surface area contributed by atoms with E-state index in [0.29, 0.717) is 5.76 Å². The van der Waals surface area contributed by atoms with Gasteiger partial charge in [-0.1, -0.05) is 18.2 Å². The van der Waals surface area contributed by atoms with Crippen molar-refractivity contribution in [1.82, 2.24) is 15.3 Å². The SMILES string of the molecule is Cc1cc(N2CCC(NC(=O)C(C)c3cc4ccccc4o3)CC2)nc(C)n1. The Kier molecular flexibility index (Phi) is 5.03. The van der Waals surface area contributed by atoms with Crippen molar-refractivity contribution in [2.45, 2.75) is 45.6 Å². The molecule has 3 heterocycles. The molecule has 0 spiro atoms. The van der Waals surface area contributed by atoms with E-state index in [0.717, 1.165) is 54.2 Å². The smallest absolute Gasteiger partial charge is 0.230 e. The van der Waals surface area contributed by atoms with Crippen LogP contribution in [0.4, 0.5) is 5.82 Å². The van der Waals surface area contributed by atoms with Gasteiger partial charge in [0.15, 0.2) is 0 Å². The Bertz CT molecular complexity index is 936. The zero-order valence-corrected chi connectivity index (χ0v) is 16.6. The van der Waals surface area contributed by atoms with Crippen LogP contribution in [0.5, 0.6) is 0 Å². The van der Waals surface area contributed by atoms with E-state index in [1.165, 1.54) is 0 Å². The maximum Gasteiger partial charge on any atom is 0.230 e. The average molecular weight is 378 g/mol. The number of carbonyl (C=O) groups is 1. The van der Waals surface area contributed by atoms with E-state index < -0.39 is 0 Å². The number of carbonyl (C=O) groups excluding carboxylic acids is 1. The lowest BCUT2D eigenvalue weighted by Crippen LogP contribution is -2.46. The number of aromatic nitrogens is 2. The minimum atomic E-state index is -0.308. The van der Waals surface area contributed by atoms with Gasteiger partial charge in [-0.2, -0.15) is 0 Å². The molecule has 0 saturated carbocycles. The summed E-state index contributed by atoms with van der Waals surface area (Å²) in [5, 5.41) is 4.23. The molecule has 6 nitrogen and oxygen atoms in total. The number of hydrogen-bond acceptors (Lipinski definition) is 5. The van der Waals surface area contributed by atoms with Crippen LogP contribution in [-0.2, 0) is 4.79 Å². The van der Waals surface area contributed by atoms with Gasteiger partial charge in [-0.15, -0.1) is 0 Å². The zero-order chi connectivity index (χ0) is 19.7. The topological polar surface area (TPSA) is 71.3 Å². The zero-order valence-electron chi connectivity index (χ0n) is 16.6. The molecular weight excluding hydrogens is 352 g/mol. The number of nitrogens with one attached hydrogen (secondary N) is 1. The molecule has 2 aromatic heterocycles. The molecule has 1 aliphatic heterocycles. The normalized spacial score (nSPS) is 16.3. The number of hydrogen-bond donors (Lipinski definition) is 1. The van der Waals surface area contributed by atoms with E-state index in [4.69, 9.17) is 4.42 Å². The van der Waals surface area contributed by atoms with Gasteiger partial charge in [0.05, 0.1) is 5.92 Å². The minimum Gasteiger partial charge on any atom is -0.460 e. The summed E-state index contributed by atoms with van der Waals surface area (Å²) in [6, 6.07) is 12.0. The van der Waals surface area contributed by atoms with Crippen molar-refractivity contribution in [3.8, 4) is 0 Å². The lowest BCUT2D eigenvalue weighted by Gasteiger charge is -2.33. The summed E-state index contributed by atoms with van der Waals surface area (Å²) in [5.41, 5.74) is 1.80. The van der Waals surface area contributed by atoms with Gasteiger partial charge in [0.25, 0.3) is 0 Å². The molecule has 6 heteroatoms. The number of benzene rings is 1. The molecule has 28 heavy (non-hydrogen) atoms. The molecule has 1 fully saturated rings. The molecule has 0 aliphatic carbocycles. The molecule has 146 valence electrons. The largest absolute Gasteiger partial charge is 0.460 e. The summed E-state index contributed by atoms with van der Waals surface area (Å²) >= 11 is 0. The third-order valence-corrected chi connectivity index (χ3v) is 5.38. The number of furan rings is 1. The van der Waals surface area contributed by atoms with Gasteiger partial charge in [0, 0.05) is 36.3 Å². The third kappa shape index (κ3) is 3.86. The Morgan fingerprint density at radius 3 is 2.64 bits per heavy atom. The number of anilines is 1. The summed E-state index contributed by atoms with van der Waals surface area (Å²) in [6.45, 7) is 7.56. The van der Waals surface area contributed by atoms with Crippen LogP contribution in [0.15, 0.2) is 40.8 Å². The summed E-state index contributed by atoms with van der Waals surface area (Å²) in [5.74, 6) is 2.20. The Labute approximate surface area is 165 Å². The van der Waals surface area contributed by atoms with Crippen molar-refractivity contribution in [3.63, 3.8) is 0 Å². The standard InChI is InChI=1S/C22H26N4O2/c1-14-12-21(24-16(3)23-14)26-10-8-18(9-11-26)25-22(27)15(2)20-13-17-6-4-5-7-19(17)28-20/h4-7,12-13,15,18H,8-11H2,1-3H3,(H,25,27). The van der Waals surface area contributed by atoms with Crippen LogP contribution in [0.1, 0.15) is 43.0 Å². The predicted molar refractivity (Wildman–Crippen MR) is 110 cm³/mol. The molecule has 1 aromatic carbocycles. The molecule has 1 aliphatic rings. The number of piperidine rings is 1. The second-order valence-electron chi connectivity index (χ2n) is 7.59. The van der Waals surface area contributed by atoms with Gasteiger partial charge in [-0.25, -0.2) is 9.97 Å². The molecule has 1 unspecified atom stereocenters. The van der Waals surface area contributed by atoms with Crippen molar-refractivity contribution >= 4 is 22.7 Å². The molecule has 3 aromatic rings. The summed E-state index contributed by atoms with van der Waals surface area (Å²) in [6.07, 6.45) is 1.81. The van der Waals surface area contributed by atoms with E-state index in [1.807, 2.05) is 57.2 Å². The Balaban J connectivity index is 1.35. The van der Waals surface area contributed by atoms with Crippen molar-refractivity contribution in [3.05, 3.63) is 53.7 Å². The van der Waals surface area contributed by atoms with Crippen molar-refractivity contribution in [2.75, 3.05) is 18.0 Å². The number of para-hydroxylation sites is 1. The average Bonchev–Trinajstić information content (AvgIpc) is 3.11. The molecule has 1 amide bonds. The first-order valence-electron chi connectivity index (χ1n) is 9.85. The van der Waals surface area contributed by atoms with E-state index in [1.54, 1.807) is 0 Å².